The van der Waals surface area contributed by atoms with Crippen molar-refractivity contribution in [2.45, 2.75) is 81.7 Å². The first-order valence-electron chi connectivity index (χ1n) is 9.57. The molecule has 1 fully saturated rings. The van der Waals surface area contributed by atoms with Crippen molar-refractivity contribution < 1.29 is 53.9 Å². The summed E-state index contributed by atoms with van der Waals surface area (Å²) in [5.74, 6) is -8.02. The molecular weight excluding hydrogens is 454 g/mol. The van der Waals surface area contributed by atoms with Crippen LogP contribution in [0.1, 0.15) is 41.0 Å². The second kappa shape index (κ2) is 9.89. The molecule has 1 rings (SSSR count). The van der Waals surface area contributed by atoms with Gasteiger partial charge in [0, 0.05) is 20.3 Å². The van der Waals surface area contributed by atoms with Gasteiger partial charge in [0.1, 0.15) is 12.2 Å². The molecule has 0 aromatic carbocycles. The third kappa shape index (κ3) is 4.56. The summed E-state index contributed by atoms with van der Waals surface area (Å²) in [4.78, 5) is 58.8. The topological polar surface area (TPSA) is 197 Å². The molecule has 1 aliphatic heterocycles. The summed E-state index contributed by atoms with van der Waals surface area (Å²) in [6, 6.07) is -1.77. The van der Waals surface area contributed by atoms with Gasteiger partial charge < -0.3 is 35.2 Å². The number of amides is 1. The Kier molecular flexibility index (Phi) is 8.68. The summed E-state index contributed by atoms with van der Waals surface area (Å²) in [5.41, 5.74) is -2.81. The van der Waals surface area contributed by atoms with E-state index < -0.39 is 82.9 Å². The number of aliphatic hydroxyl groups is 4. The normalized spacial score (nSPS) is 30.1. The number of rotatable bonds is 9. The minimum Gasteiger partial charge on any atom is -0.430 e. The molecule has 0 aromatic heterocycles. The summed E-state index contributed by atoms with van der Waals surface area (Å²) in [5, 5.41) is 43.4. The lowest BCUT2D eigenvalue weighted by Gasteiger charge is -2.56. The zero-order chi connectivity index (χ0) is 25.2. The van der Waals surface area contributed by atoms with Gasteiger partial charge in [-0.1, -0.05) is 11.6 Å². The van der Waals surface area contributed by atoms with Gasteiger partial charge in [0.15, 0.2) is 23.0 Å². The Hall–Kier alpha value is -1.96. The average molecular weight is 482 g/mol. The fraction of sp³-hybridized carbons (Fsp3) is 0.737. The lowest BCUT2D eigenvalue weighted by atomic mass is 9.72. The summed E-state index contributed by atoms with van der Waals surface area (Å²) < 4.78 is 10.9. The molecule has 12 nitrogen and oxygen atoms in total. The highest BCUT2D eigenvalue weighted by Crippen LogP contribution is 2.49. The number of carbonyl (C=O) groups excluding carboxylic acids is 5. The van der Waals surface area contributed by atoms with Gasteiger partial charge in [-0.2, -0.15) is 0 Å². The minimum absolute atomic E-state index is 0.788. The number of alkyl halides is 1. The Morgan fingerprint density at radius 1 is 1.12 bits per heavy atom. The Morgan fingerprint density at radius 3 is 1.97 bits per heavy atom. The van der Waals surface area contributed by atoms with Crippen LogP contribution in [0.2, 0.25) is 0 Å². The Bertz CT molecular complexity index is 788. The maximum atomic E-state index is 12.9. The Morgan fingerprint density at radius 2 is 1.62 bits per heavy atom. The van der Waals surface area contributed by atoms with E-state index in [4.69, 9.17) is 21.1 Å². The van der Waals surface area contributed by atoms with Crippen LogP contribution in [0.3, 0.4) is 0 Å². The molecule has 0 bridgehead atoms. The summed E-state index contributed by atoms with van der Waals surface area (Å²) in [7, 11) is 0. The van der Waals surface area contributed by atoms with Gasteiger partial charge in [-0.15, -0.1) is 0 Å². The predicted molar refractivity (Wildman–Crippen MR) is 106 cm³/mol. The van der Waals surface area contributed by atoms with Gasteiger partial charge in [0.2, 0.25) is 10.8 Å². The van der Waals surface area contributed by atoms with Crippen molar-refractivity contribution in [2.24, 2.45) is 0 Å². The highest BCUT2D eigenvalue weighted by molar-refractivity contribution is 6.47. The van der Waals surface area contributed by atoms with Gasteiger partial charge in [0.05, 0.1) is 18.8 Å². The summed E-state index contributed by atoms with van der Waals surface area (Å²) >= 11 is 6.35. The number of ether oxygens (including phenoxy) is 2. The molecule has 0 unspecified atom stereocenters. The van der Waals surface area contributed by atoms with Crippen molar-refractivity contribution in [3.8, 4) is 0 Å². The third-order valence-corrected chi connectivity index (χ3v) is 6.18. The van der Waals surface area contributed by atoms with Crippen molar-refractivity contribution in [2.75, 3.05) is 6.61 Å². The zero-order valence-electron chi connectivity index (χ0n) is 18.2. The van der Waals surface area contributed by atoms with E-state index in [0.717, 1.165) is 34.6 Å². The Labute approximate surface area is 188 Å². The standard InChI is InChI=1S/C19H28ClNO11/c1-8(23)18(16(30)14(29)7-22)15(21-11(4)26)13(28)6-17(32-18,31-12(5)27)19(20,9(2)24)10(3)25/h13-16,22,28-30H,6-7H2,1-5H3,(H,21,26)/t13-,14+,15+,16+,17-,18+/m0/s1. The van der Waals surface area contributed by atoms with Crippen LogP contribution >= 0.6 is 11.6 Å². The van der Waals surface area contributed by atoms with Gasteiger partial charge in [-0.3, -0.25) is 24.0 Å². The first-order chi connectivity index (χ1) is 14.5. The van der Waals surface area contributed by atoms with Crippen LogP contribution < -0.4 is 5.32 Å². The van der Waals surface area contributed by atoms with E-state index in [1.54, 1.807) is 0 Å². The number of hydrogen-bond donors (Lipinski definition) is 5. The predicted octanol–water partition coefficient (Wildman–Crippen LogP) is -2.27. The van der Waals surface area contributed by atoms with Crippen LogP contribution in [0.15, 0.2) is 0 Å². The zero-order valence-corrected chi connectivity index (χ0v) is 19.0. The number of aliphatic hydroxyl groups excluding tert-OH is 4. The lowest BCUT2D eigenvalue weighted by molar-refractivity contribution is -0.338. The molecule has 0 aliphatic carbocycles. The maximum Gasteiger partial charge on any atom is 0.305 e. The number of Topliss-reactive ketones (excluding diaryl/α,β-unsaturated/α-hetero) is 3. The molecule has 6 atom stereocenters. The molecule has 5 N–H and O–H groups in total. The lowest BCUT2D eigenvalue weighted by Crippen LogP contribution is -2.80. The monoisotopic (exact) mass is 481 g/mol. The van der Waals surface area contributed by atoms with Gasteiger partial charge in [-0.05, 0) is 20.8 Å². The average Bonchev–Trinajstić information content (AvgIpc) is 2.66. The van der Waals surface area contributed by atoms with Crippen LogP contribution in [-0.2, 0) is 33.4 Å². The number of hydrogen-bond acceptors (Lipinski definition) is 11. The van der Waals surface area contributed by atoms with Crippen LogP contribution in [-0.4, -0.2) is 96.9 Å². The highest BCUT2D eigenvalue weighted by atomic mass is 35.5. The van der Waals surface area contributed by atoms with E-state index >= 15 is 0 Å². The molecule has 32 heavy (non-hydrogen) atoms. The van der Waals surface area contributed by atoms with Crippen molar-refractivity contribution in [1.82, 2.24) is 5.32 Å². The highest BCUT2D eigenvalue weighted by Gasteiger charge is 2.72. The molecule has 1 aliphatic rings. The maximum absolute atomic E-state index is 12.9. The largest absolute Gasteiger partial charge is 0.430 e. The summed E-state index contributed by atoms with van der Waals surface area (Å²) in [6.45, 7) is 3.43. The first-order valence-corrected chi connectivity index (χ1v) is 9.95. The molecule has 0 aromatic rings. The van der Waals surface area contributed by atoms with Crippen LogP contribution in [0.5, 0.6) is 0 Å². The van der Waals surface area contributed by atoms with Crippen LogP contribution in [0, 0.1) is 0 Å². The summed E-state index contributed by atoms with van der Waals surface area (Å²) in [6.07, 6.45) is -7.17. The molecule has 13 heteroatoms. The molecule has 1 amide bonds. The first kappa shape index (κ1) is 28.1. The van der Waals surface area contributed by atoms with E-state index in [-0.39, 0.29) is 0 Å². The number of carbonyl (C=O) groups is 5. The fourth-order valence-electron chi connectivity index (χ4n) is 3.97. The van der Waals surface area contributed by atoms with Crippen LogP contribution in [0.25, 0.3) is 0 Å². The number of nitrogens with one attached hydrogen (secondary N) is 1. The SMILES string of the molecule is CC(=O)N[C@@H]1[C@@H](O)C[C@@](OC(C)=O)(C(Cl)(C(C)=O)C(C)=O)O[C@@]1(C(C)=O)[C@H](O)[C@H](O)CO. The third-order valence-electron chi connectivity index (χ3n) is 5.36. The quantitative estimate of drug-likeness (QED) is 0.135. The number of esters is 1. The fourth-order valence-corrected chi connectivity index (χ4v) is 4.12. The molecule has 0 saturated carbocycles. The molecule has 182 valence electrons. The molecule has 1 heterocycles. The van der Waals surface area contributed by atoms with Crippen LogP contribution in [0.4, 0.5) is 0 Å². The van der Waals surface area contributed by atoms with E-state index in [1.165, 1.54) is 0 Å². The molecule has 0 radical (unpaired) electrons. The van der Waals surface area contributed by atoms with E-state index in [0.29, 0.717) is 0 Å². The second-order valence-electron chi connectivity index (χ2n) is 7.71. The molecule has 0 spiro atoms. The van der Waals surface area contributed by atoms with Gasteiger partial charge in [-0.25, -0.2) is 0 Å². The van der Waals surface area contributed by atoms with Gasteiger partial charge in [0.25, 0.3) is 5.79 Å². The molecular formula is C19H28ClNO11. The van der Waals surface area contributed by atoms with E-state index in [9.17, 15) is 44.4 Å². The smallest absolute Gasteiger partial charge is 0.305 e. The van der Waals surface area contributed by atoms with Crippen molar-refractivity contribution >= 4 is 40.8 Å². The number of ketones is 3. The van der Waals surface area contributed by atoms with Crippen molar-refractivity contribution in [3.63, 3.8) is 0 Å². The number of halogens is 1. The minimum atomic E-state index is -2.84. The Balaban J connectivity index is 4.02. The van der Waals surface area contributed by atoms with E-state index in [1.807, 2.05) is 0 Å². The molecule has 1 saturated heterocycles. The second-order valence-corrected chi connectivity index (χ2v) is 8.28. The van der Waals surface area contributed by atoms with Crippen molar-refractivity contribution in [3.05, 3.63) is 0 Å². The van der Waals surface area contributed by atoms with Gasteiger partial charge >= 0.3 is 5.97 Å². The van der Waals surface area contributed by atoms with Crippen molar-refractivity contribution in [1.29, 1.82) is 0 Å². The van der Waals surface area contributed by atoms with E-state index in [2.05, 4.69) is 5.32 Å².